The van der Waals surface area contributed by atoms with Gasteiger partial charge in [0.15, 0.2) is 0 Å². The van der Waals surface area contributed by atoms with E-state index in [4.69, 9.17) is 5.26 Å². The van der Waals surface area contributed by atoms with Crippen LogP contribution in [0.3, 0.4) is 0 Å². The first-order chi connectivity index (χ1) is 8.74. The highest BCUT2D eigenvalue weighted by Gasteiger charge is 2.25. The predicted octanol–water partition coefficient (Wildman–Crippen LogP) is 3.29. The molecule has 1 aliphatic rings. The van der Waals surface area contributed by atoms with Gasteiger partial charge in [-0.25, -0.2) is 4.39 Å². The minimum atomic E-state index is -0.253. The quantitative estimate of drug-likeness (QED) is 0.868. The van der Waals surface area contributed by atoms with Crippen LogP contribution in [0.2, 0.25) is 0 Å². The molecule has 0 saturated carbocycles. The minimum Gasteiger partial charge on any atom is -0.314 e. The van der Waals surface area contributed by atoms with Gasteiger partial charge in [-0.15, -0.1) is 24.8 Å². The van der Waals surface area contributed by atoms with E-state index in [9.17, 15) is 4.39 Å². The van der Waals surface area contributed by atoms with Gasteiger partial charge in [-0.05, 0) is 22.0 Å². The van der Waals surface area contributed by atoms with Crippen LogP contribution >= 0.6 is 40.7 Å². The van der Waals surface area contributed by atoms with Crippen LogP contribution in [0.1, 0.15) is 18.0 Å². The van der Waals surface area contributed by atoms with Crippen LogP contribution in [0, 0.1) is 17.1 Å². The fourth-order valence-electron chi connectivity index (χ4n) is 2.29. The SMILES string of the molecule is Cl.Cl.N#CC[C@H](c1cccc(Br)c1F)N1CCNCC1. The number of piperazine rings is 1. The zero-order valence-corrected chi connectivity index (χ0v) is 14.0. The zero-order valence-electron chi connectivity index (χ0n) is 10.8. The van der Waals surface area contributed by atoms with Crippen molar-refractivity contribution in [1.29, 1.82) is 5.26 Å². The molecule has 1 atom stereocenters. The van der Waals surface area contributed by atoms with Crippen molar-refractivity contribution in [3.8, 4) is 6.07 Å². The molecule has 0 spiro atoms. The molecule has 1 fully saturated rings. The minimum absolute atomic E-state index is 0. The Balaban J connectivity index is 0.00000180. The van der Waals surface area contributed by atoms with Crippen LogP contribution < -0.4 is 5.32 Å². The summed E-state index contributed by atoms with van der Waals surface area (Å²) in [5.74, 6) is -0.253. The lowest BCUT2D eigenvalue weighted by Crippen LogP contribution is -2.45. The lowest BCUT2D eigenvalue weighted by molar-refractivity contribution is 0.172. The van der Waals surface area contributed by atoms with Gasteiger partial charge in [-0.2, -0.15) is 5.26 Å². The molecule has 0 aromatic heterocycles. The van der Waals surface area contributed by atoms with Gasteiger partial charge in [0.2, 0.25) is 0 Å². The van der Waals surface area contributed by atoms with Crippen LogP contribution in [0.4, 0.5) is 4.39 Å². The molecule has 0 unspecified atom stereocenters. The molecular weight excluding hydrogens is 368 g/mol. The van der Waals surface area contributed by atoms with Crippen molar-refractivity contribution in [2.75, 3.05) is 26.2 Å². The maximum Gasteiger partial charge on any atom is 0.142 e. The van der Waals surface area contributed by atoms with E-state index in [1.54, 1.807) is 12.1 Å². The Kier molecular flexibility index (Phi) is 9.36. The summed E-state index contributed by atoms with van der Waals surface area (Å²) in [5.41, 5.74) is 0.604. The highest BCUT2D eigenvalue weighted by Crippen LogP contribution is 2.30. The van der Waals surface area contributed by atoms with Crippen molar-refractivity contribution >= 4 is 40.7 Å². The number of nitrogens with one attached hydrogen (secondary N) is 1. The number of halogens is 4. The molecule has 0 radical (unpaired) electrons. The van der Waals surface area contributed by atoms with Crippen LogP contribution in [0.5, 0.6) is 0 Å². The van der Waals surface area contributed by atoms with Gasteiger partial charge in [0.05, 0.1) is 23.0 Å². The van der Waals surface area contributed by atoms with E-state index < -0.39 is 0 Å². The lowest BCUT2D eigenvalue weighted by atomic mass is 10.0. The first kappa shape index (κ1) is 19.6. The number of nitriles is 1. The van der Waals surface area contributed by atoms with E-state index in [-0.39, 0.29) is 36.7 Å². The topological polar surface area (TPSA) is 39.1 Å². The molecular formula is C13H17BrCl2FN3. The lowest BCUT2D eigenvalue weighted by Gasteiger charge is -2.34. The highest BCUT2D eigenvalue weighted by molar-refractivity contribution is 9.10. The Morgan fingerprint density at radius 2 is 2.00 bits per heavy atom. The Labute approximate surface area is 139 Å². The average molecular weight is 385 g/mol. The van der Waals surface area contributed by atoms with Crippen molar-refractivity contribution in [3.63, 3.8) is 0 Å². The Bertz CT molecular complexity index is 461. The molecule has 2 rings (SSSR count). The molecule has 1 aliphatic heterocycles. The van der Waals surface area contributed by atoms with Gasteiger partial charge in [0.1, 0.15) is 5.82 Å². The number of benzene rings is 1. The van der Waals surface area contributed by atoms with Gasteiger partial charge < -0.3 is 5.32 Å². The third kappa shape index (κ3) is 4.57. The van der Waals surface area contributed by atoms with Crippen LogP contribution in [-0.2, 0) is 0 Å². The molecule has 0 amide bonds. The van der Waals surface area contributed by atoms with Crippen molar-refractivity contribution in [2.24, 2.45) is 0 Å². The molecule has 7 heteroatoms. The smallest absolute Gasteiger partial charge is 0.142 e. The maximum absolute atomic E-state index is 14.1. The van der Waals surface area contributed by atoms with E-state index in [0.717, 1.165) is 26.2 Å². The molecule has 1 heterocycles. The van der Waals surface area contributed by atoms with Crippen molar-refractivity contribution < 1.29 is 4.39 Å². The second-order valence-corrected chi connectivity index (χ2v) is 5.16. The number of rotatable bonds is 3. The van der Waals surface area contributed by atoms with Crippen molar-refractivity contribution in [3.05, 3.63) is 34.1 Å². The summed E-state index contributed by atoms with van der Waals surface area (Å²) < 4.78 is 14.6. The van der Waals surface area contributed by atoms with E-state index in [1.165, 1.54) is 0 Å². The monoisotopic (exact) mass is 383 g/mol. The summed E-state index contributed by atoms with van der Waals surface area (Å²) in [4.78, 5) is 2.17. The summed E-state index contributed by atoms with van der Waals surface area (Å²) in [6.07, 6.45) is 0.313. The molecule has 1 aromatic carbocycles. The zero-order chi connectivity index (χ0) is 13.0. The van der Waals surface area contributed by atoms with E-state index in [2.05, 4.69) is 32.2 Å². The predicted molar refractivity (Wildman–Crippen MR) is 86.0 cm³/mol. The second kappa shape index (κ2) is 9.54. The van der Waals surface area contributed by atoms with Gasteiger partial charge >= 0.3 is 0 Å². The second-order valence-electron chi connectivity index (χ2n) is 4.31. The fraction of sp³-hybridized carbons (Fsp3) is 0.462. The standard InChI is InChI=1S/C13H15BrFN3.2ClH/c14-11-3-1-2-10(13(11)15)12(4-5-16)18-8-6-17-7-9-18;;/h1-3,12,17H,4,6-9H2;2*1H/t12-;;/m1../s1. The molecule has 0 aliphatic carbocycles. The summed E-state index contributed by atoms with van der Waals surface area (Å²) >= 11 is 3.20. The normalized spacial score (nSPS) is 16.4. The molecule has 20 heavy (non-hydrogen) atoms. The molecule has 3 nitrogen and oxygen atoms in total. The number of hydrogen-bond acceptors (Lipinski definition) is 3. The number of hydrogen-bond donors (Lipinski definition) is 1. The van der Waals surface area contributed by atoms with Crippen LogP contribution in [-0.4, -0.2) is 31.1 Å². The molecule has 1 aromatic rings. The highest BCUT2D eigenvalue weighted by atomic mass is 79.9. The largest absolute Gasteiger partial charge is 0.314 e. The van der Waals surface area contributed by atoms with E-state index in [0.29, 0.717) is 16.5 Å². The molecule has 0 bridgehead atoms. The van der Waals surface area contributed by atoms with Crippen LogP contribution in [0.25, 0.3) is 0 Å². The van der Waals surface area contributed by atoms with Gasteiger partial charge in [-0.3, -0.25) is 4.90 Å². The first-order valence-corrected chi connectivity index (χ1v) is 6.79. The van der Waals surface area contributed by atoms with Crippen LogP contribution in [0.15, 0.2) is 22.7 Å². The van der Waals surface area contributed by atoms with Gasteiger partial charge in [0, 0.05) is 31.7 Å². The Morgan fingerprint density at radius 1 is 1.35 bits per heavy atom. The van der Waals surface area contributed by atoms with Gasteiger partial charge in [-0.1, -0.05) is 12.1 Å². The molecule has 1 saturated heterocycles. The Hall–Kier alpha value is -0.380. The average Bonchev–Trinajstić information content (AvgIpc) is 2.41. The van der Waals surface area contributed by atoms with Crippen molar-refractivity contribution in [2.45, 2.75) is 12.5 Å². The van der Waals surface area contributed by atoms with E-state index in [1.807, 2.05) is 6.07 Å². The first-order valence-electron chi connectivity index (χ1n) is 5.99. The third-order valence-corrected chi connectivity index (χ3v) is 3.83. The molecule has 1 N–H and O–H groups in total. The number of nitrogens with zero attached hydrogens (tertiary/aromatic N) is 2. The maximum atomic E-state index is 14.1. The van der Waals surface area contributed by atoms with E-state index >= 15 is 0 Å². The third-order valence-electron chi connectivity index (χ3n) is 3.22. The Morgan fingerprint density at radius 3 is 2.60 bits per heavy atom. The van der Waals surface area contributed by atoms with Crippen molar-refractivity contribution in [1.82, 2.24) is 10.2 Å². The van der Waals surface area contributed by atoms with Gasteiger partial charge in [0.25, 0.3) is 0 Å². The molecule has 112 valence electrons. The fourth-order valence-corrected chi connectivity index (χ4v) is 2.68. The summed E-state index contributed by atoms with van der Waals surface area (Å²) in [7, 11) is 0. The summed E-state index contributed by atoms with van der Waals surface area (Å²) in [5, 5.41) is 12.2. The summed E-state index contributed by atoms with van der Waals surface area (Å²) in [6, 6.07) is 7.27. The summed E-state index contributed by atoms with van der Waals surface area (Å²) in [6.45, 7) is 3.46.